The summed E-state index contributed by atoms with van der Waals surface area (Å²) in [4.78, 5) is 28.2. The lowest BCUT2D eigenvalue weighted by atomic mass is 10.1. The predicted molar refractivity (Wildman–Crippen MR) is 84.5 cm³/mol. The number of benzene rings is 1. The number of carbonyl (C=O) groups excluding carboxylic acids is 1. The normalized spacial score (nSPS) is 16.8. The molecule has 10 heteroatoms. The highest BCUT2D eigenvalue weighted by Gasteiger charge is 2.31. The molecule has 25 heavy (non-hydrogen) atoms. The molecule has 0 fully saturated rings. The largest absolute Gasteiger partial charge is 0.573 e. The van der Waals surface area contributed by atoms with E-state index < -0.39 is 12.3 Å². The van der Waals surface area contributed by atoms with Crippen molar-refractivity contribution in [1.82, 2.24) is 9.55 Å². The van der Waals surface area contributed by atoms with Gasteiger partial charge in [-0.15, -0.1) is 13.2 Å². The summed E-state index contributed by atoms with van der Waals surface area (Å²) in [5.74, 6) is -0.688. The number of alkyl halides is 3. The second-order valence-corrected chi connectivity index (χ2v) is 6.23. The van der Waals surface area contributed by atoms with E-state index in [0.29, 0.717) is 16.6 Å². The predicted octanol–water partition coefficient (Wildman–Crippen LogP) is 2.50. The summed E-state index contributed by atoms with van der Waals surface area (Å²) in [6, 6.07) is 6.18. The first kappa shape index (κ1) is 17.3. The monoisotopic (exact) mass is 371 g/mol. The van der Waals surface area contributed by atoms with Crippen LogP contribution < -0.4 is 15.6 Å². The van der Waals surface area contributed by atoms with Crippen molar-refractivity contribution in [3.05, 3.63) is 46.9 Å². The van der Waals surface area contributed by atoms with Crippen LogP contribution in [0.2, 0.25) is 0 Å². The van der Waals surface area contributed by atoms with Crippen LogP contribution in [-0.2, 0) is 11.3 Å². The number of rotatable bonds is 3. The molecule has 0 radical (unpaired) electrons. The summed E-state index contributed by atoms with van der Waals surface area (Å²) in [5.41, 5.74) is 0.109. The topological polar surface area (TPSA) is 73.2 Å². The Balaban J connectivity index is 1.65. The highest BCUT2D eigenvalue weighted by Crippen LogP contribution is 2.27. The molecule has 2 aromatic rings. The van der Waals surface area contributed by atoms with Gasteiger partial charge < -0.3 is 10.1 Å². The van der Waals surface area contributed by atoms with Gasteiger partial charge in [-0.25, -0.2) is 4.98 Å². The van der Waals surface area contributed by atoms with Gasteiger partial charge in [-0.05, 0) is 24.3 Å². The number of halogens is 3. The third-order valence-corrected chi connectivity index (χ3v) is 4.59. The molecular weight excluding hydrogens is 359 g/mol. The van der Waals surface area contributed by atoms with Crippen LogP contribution in [0.5, 0.6) is 5.75 Å². The second-order valence-electron chi connectivity index (χ2n) is 5.25. The van der Waals surface area contributed by atoms with Gasteiger partial charge in [0.05, 0.1) is 5.92 Å². The summed E-state index contributed by atoms with van der Waals surface area (Å²) in [5, 5.41) is 3.19. The Morgan fingerprint density at radius 3 is 2.68 bits per heavy atom. The van der Waals surface area contributed by atoms with Crippen LogP contribution >= 0.6 is 11.8 Å². The Kier molecular flexibility index (Phi) is 4.71. The third kappa shape index (κ3) is 4.32. The van der Waals surface area contributed by atoms with Gasteiger partial charge in [-0.1, -0.05) is 11.8 Å². The molecule has 1 aliphatic heterocycles. The van der Waals surface area contributed by atoms with Gasteiger partial charge in [0, 0.05) is 30.2 Å². The molecule has 1 amide bonds. The fourth-order valence-corrected chi connectivity index (χ4v) is 3.36. The Morgan fingerprint density at radius 2 is 2.00 bits per heavy atom. The second kappa shape index (κ2) is 6.79. The van der Waals surface area contributed by atoms with Crippen LogP contribution in [0.3, 0.4) is 0 Å². The minimum absolute atomic E-state index is 0.204. The Labute approximate surface area is 144 Å². The van der Waals surface area contributed by atoms with Gasteiger partial charge in [-0.2, -0.15) is 0 Å². The Hall–Kier alpha value is -2.49. The van der Waals surface area contributed by atoms with Gasteiger partial charge in [0.2, 0.25) is 5.91 Å². The molecule has 0 aliphatic carbocycles. The highest BCUT2D eigenvalue weighted by atomic mass is 32.2. The molecule has 6 nitrogen and oxygen atoms in total. The molecule has 3 rings (SSSR count). The molecule has 1 N–H and O–H groups in total. The van der Waals surface area contributed by atoms with E-state index in [1.807, 2.05) is 0 Å². The number of carbonyl (C=O) groups is 1. The van der Waals surface area contributed by atoms with E-state index in [4.69, 9.17) is 0 Å². The maximum absolute atomic E-state index is 12.3. The van der Waals surface area contributed by atoms with Crippen molar-refractivity contribution in [1.29, 1.82) is 0 Å². The standard InChI is InChI=1S/C15H12F3N3O3S/c16-15(17,18)24-11-3-1-10(2-4-11)20-13(23)9-7-21-12(22)5-6-19-14(21)25-8-9/h1-6,9H,7-8H2,(H,20,23). The molecule has 1 aromatic heterocycles. The van der Waals surface area contributed by atoms with Crippen molar-refractivity contribution in [3.8, 4) is 5.75 Å². The van der Waals surface area contributed by atoms with Gasteiger partial charge in [0.15, 0.2) is 5.16 Å². The first-order chi connectivity index (χ1) is 11.8. The van der Waals surface area contributed by atoms with E-state index in [0.717, 1.165) is 12.1 Å². The first-order valence-corrected chi connectivity index (χ1v) is 8.16. The zero-order valence-electron chi connectivity index (χ0n) is 12.6. The molecule has 2 heterocycles. The molecule has 1 unspecified atom stereocenters. The van der Waals surface area contributed by atoms with Crippen LogP contribution in [0.15, 0.2) is 46.5 Å². The average molecular weight is 371 g/mol. The summed E-state index contributed by atoms with van der Waals surface area (Å²) >= 11 is 1.30. The molecular formula is C15H12F3N3O3S. The maximum Gasteiger partial charge on any atom is 0.573 e. The Bertz CT molecular complexity index is 836. The zero-order valence-corrected chi connectivity index (χ0v) is 13.4. The summed E-state index contributed by atoms with van der Waals surface area (Å²) in [7, 11) is 0. The van der Waals surface area contributed by atoms with Gasteiger partial charge in [-0.3, -0.25) is 14.2 Å². The van der Waals surface area contributed by atoms with Crippen molar-refractivity contribution in [2.24, 2.45) is 5.92 Å². The van der Waals surface area contributed by atoms with Crippen molar-refractivity contribution in [2.75, 3.05) is 11.1 Å². The molecule has 0 saturated heterocycles. The lowest BCUT2D eigenvalue weighted by Gasteiger charge is -2.23. The number of aromatic nitrogens is 2. The molecule has 1 aliphatic rings. The number of amides is 1. The van der Waals surface area contributed by atoms with E-state index in [2.05, 4.69) is 15.0 Å². The van der Waals surface area contributed by atoms with Crippen molar-refractivity contribution in [3.63, 3.8) is 0 Å². The fraction of sp³-hybridized carbons (Fsp3) is 0.267. The number of hydrogen-bond donors (Lipinski definition) is 1. The summed E-state index contributed by atoms with van der Waals surface area (Å²) in [6.07, 6.45) is -3.34. The maximum atomic E-state index is 12.3. The Morgan fingerprint density at radius 1 is 1.28 bits per heavy atom. The van der Waals surface area contributed by atoms with E-state index in [-0.39, 0.29) is 23.8 Å². The van der Waals surface area contributed by atoms with Crippen molar-refractivity contribution in [2.45, 2.75) is 18.1 Å². The highest BCUT2D eigenvalue weighted by molar-refractivity contribution is 7.99. The van der Waals surface area contributed by atoms with E-state index in [1.54, 1.807) is 0 Å². The SMILES string of the molecule is O=C(Nc1ccc(OC(F)(F)F)cc1)C1CSc2nccc(=O)n2C1. The molecule has 132 valence electrons. The minimum Gasteiger partial charge on any atom is -0.406 e. The lowest BCUT2D eigenvalue weighted by molar-refractivity contribution is -0.274. The summed E-state index contributed by atoms with van der Waals surface area (Å²) in [6.45, 7) is 0.204. The molecule has 0 bridgehead atoms. The smallest absolute Gasteiger partial charge is 0.406 e. The number of nitrogens with one attached hydrogen (secondary N) is 1. The van der Waals surface area contributed by atoms with Crippen LogP contribution in [0.4, 0.5) is 18.9 Å². The van der Waals surface area contributed by atoms with Crippen LogP contribution in [0, 0.1) is 5.92 Å². The number of hydrogen-bond acceptors (Lipinski definition) is 5. The molecule has 1 aromatic carbocycles. The fourth-order valence-electron chi connectivity index (χ4n) is 2.29. The van der Waals surface area contributed by atoms with Crippen LogP contribution in [0.1, 0.15) is 0 Å². The quantitative estimate of drug-likeness (QED) is 0.840. The van der Waals surface area contributed by atoms with Gasteiger partial charge in [0.1, 0.15) is 5.75 Å². The van der Waals surface area contributed by atoms with E-state index >= 15 is 0 Å². The van der Waals surface area contributed by atoms with E-state index in [9.17, 15) is 22.8 Å². The van der Waals surface area contributed by atoms with Crippen LogP contribution in [-0.4, -0.2) is 27.6 Å². The van der Waals surface area contributed by atoms with Crippen molar-refractivity contribution >= 4 is 23.4 Å². The number of fused-ring (bicyclic) bond motifs is 1. The van der Waals surface area contributed by atoms with Gasteiger partial charge >= 0.3 is 6.36 Å². The number of nitrogens with zero attached hydrogens (tertiary/aromatic N) is 2. The average Bonchev–Trinajstić information content (AvgIpc) is 2.55. The third-order valence-electron chi connectivity index (χ3n) is 3.44. The lowest BCUT2D eigenvalue weighted by Crippen LogP contribution is -2.36. The minimum atomic E-state index is -4.77. The van der Waals surface area contributed by atoms with Crippen molar-refractivity contribution < 1.29 is 22.7 Å². The molecule has 1 atom stereocenters. The number of anilines is 1. The van der Waals surface area contributed by atoms with E-state index in [1.165, 1.54) is 40.7 Å². The summed E-state index contributed by atoms with van der Waals surface area (Å²) < 4.78 is 41.6. The van der Waals surface area contributed by atoms with Crippen LogP contribution in [0.25, 0.3) is 0 Å². The molecule has 0 saturated carbocycles. The van der Waals surface area contributed by atoms with Gasteiger partial charge in [0.25, 0.3) is 5.56 Å². The number of thioether (sulfide) groups is 1. The zero-order chi connectivity index (χ0) is 18.0. The molecule has 0 spiro atoms. The first-order valence-electron chi connectivity index (χ1n) is 7.17. The number of ether oxygens (including phenoxy) is 1.